The Morgan fingerprint density at radius 2 is 2.14 bits per heavy atom. The lowest BCUT2D eigenvalue weighted by Gasteiger charge is -2.28. The first-order valence-electron chi connectivity index (χ1n) is 7.59. The van der Waals surface area contributed by atoms with Gasteiger partial charge in [-0.1, -0.05) is 27.2 Å². The highest BCUT2D eigenvalue weighted by Gasteiger charge is 2.34. The van der Waals surface area contributed by atoms with Gasteiger partial charge in [-0.25, -0.2) is 4.98 Å². The Hall–Kier alpha value is -1.85. The maximum atomic E-state index is 11.1. The second kappa shape index (κ2) is 6.28. The molecule has 116 valence electrons. The monoisotopic (exact) mass is 292 g/mol. The van der Waals surface area contributed by atoms with Gasteiger partial charge in [-0.3, -0.25) is 10.1 Å². The molecule has 1 saturated carbocycles. The molecule has 1 aliphatic carbocycles. The molecular formula is C15H24N4O2. The minimum absolute atomic E-state index is 0.0712. The van der Waals surface area contributed by atoms with Gasteiger partial charge in [0.2, 0.25) is 0 Å². The first-order valence-corrected chi connectivity index (χ1v) is 7.59. The number of nitrogens with one attached hydrogen (secondary N) is 2. The predicted molar refractivity (Wildman–Crippen MR) is 84.7 cm³/mol. The van der Waals surface area contributed by atoms with E-state index in [1.807, 2.05) is 6.92 Å². The van der Waals surface area contributed by atoms with Crippen molar-refractivity contribution >= 4 is 17.3 Å². The number of nitro groups is 1. The summed E-state index contributed by atoms with van der Waals surface area (Å²) in [5.74, 6) is 1.15. The van der Waals surface area contributed by atoms with Crippen molar-refractivity contribution in [2.45, 2.75) is 52.5 Å². The van der Waals surface area contributed by atoms with Gasteiger partial charge in [0, 0.05) is 12.6 Å². The average molecular weight is 292 g/mol. The molecule has 6 nitrogen and oxygen atoms in total. The third kappa shape index (κ3) is 3.83. The SMILES string of the molecule is CCCNc1cc([N+](=O)[O-])cc(NC2CCCC2(C)C)n1. The van der Waals surface area contributed by atoms with Crippen LogP contribution in [0.4, 0.5) is 17.3 Å². The molecule has 0 radical (unpaired) electrons. The first-order chi connectivity index (χ1) is 9.92. The molecule has 1 aliphatic rings. The van der Waals surface area contributed by atoms with E-state index >= 15 is 0 Å². The zero-order valence-corrected chi connectivity index (χ0v) is 13.0. The largest absolute Gasteiger partial charge is 0.370 e. The van der Waals surface area contributed by atoms with Crippen LogP contribution in [0.2, 0.25) is 0 Å². The van der Waals surface area contributed by atoms with E-state index in [4.69, 9.17) is 0 Å². The quantitative estimate of drug-likeness (QED) is 0.615. The summed E-state index contributed by atoms with van der Waals surface area (Å²) in [7, 11) is 0. The Kier molecular flexibility index (Phi) is 4.65. The van der Waals surface area contributed by atoms with E-state index in [1.165, 1.54) is 25.0 Å². The van der Waals surface area contributed by atoms with Crippen LogP contribution >= 0.6 is 0 Å². The molecule has 1 fully saturated rings. The van der Waals surface area contributed by atoms with E-state index in [-0.39, 0.29) is 16.0 Å². The molecule has 1 unspecified atom stereocenters. The third-order valence-electron chi connectivity index (χ3n) is 4.16. The van der Waals surface area contributed by atoms with Gasteiger partial charge in [-0.05, 0) is 24.7 Å². The van der Waals surface area contributed by atoms with Crippen molar-refractivity contribution in [2.75, 3.05) is 17.2 Å². The van der Waals surface area contributed by atoms with Gasteiger partial charge in [0.1, 0.15) is 11.6 Å². The topological polar surface area (TPSA) is 80.1 Å². The zero-order valence-electron chi connectivity index (χ0n) is 13.0. The van der Waals surface area contributed by atoms with Crippen LogP contribution in [0.1, 0.15) is 46.5 Å². The summed E-state index contributed by atoms with van der Waals surface area (Å²) in [4.78, 5) is 15.2. The molecule has 0 saturated heterocycles. The van der Waals surface area contributed by atoms with Crippen molar-refractivity contribution in [3.05, 3.63) is 22.2 Å². The summed E-state index contributed by atoms with van der Waals surface area (Å²) in [5.41, 5.74) is 0.269. The van der Waals surface area contributed by atoms with Crippen LogP contribution in [0.25, 0.3) is 0 Å². The van der Waals surface area contributed by atoms with E-state index in [9.17, 15) is 10.1 Å². The first kappa shape index (κ1) is 15.5. The van der Waals surface area contributed by atoms with Crippen molar-refractivity contribution < 1.29 is 4.92 Å². The average Bonchev–Trinajstić information content (AvgIpc) is 2.75. The lowest BCUT2D eigenvalue weighted by Crippen LogP contribution is -2.31. The van der Waals surface area contributed by atoms with E-state index in [0.29, 0.717) is 17.7 Å². The molecular weight excluding hydrogens is 268 g/mol. The summed E-state index contributed by atoms with van der Waals surface area (Å²) in [6.07, 6.45) is 4.37. The number of hydrogen-bond acceptors (Lipinski definition) is 5. The Bertz CT molecular complexity index is 516. The van der Waals surface area contributed by atoms with Crippen molar-refractivity contribution in [2.24, 2.45) is 5.41 Å². The normalized spacial score (nSPS) is 20.2. The van der Waals surface area contributed by atoms with Crippen LogP contribution in [0, 0.1) is 15.5 Å². The smallest absolute Gasteiger partial charge is 0.276 e. The fraction of sp³-hybridized carbons (Fsp3) is 0.667. The second-order valence-corrected chi connectivity index (χ2v) is 6.36. The Morgan fingerprint density at radius 3 is 2.71 bits per heavy atom. The molecule has 0 bridgehead atoms. The van der Waals surface area contributed by atoms with Crippen molar-refractivity contribution in [1.29, 1.82) is 0 Å². The molecule has 1 atom stereocenters. The van der Waals surface area contributed by atoms with E-state index < -0.39 is 0 Å². The van der Waals surface area contributed by atoms with Crippen molar-refractivity contribution in [3.63, 3.8) is 0 Å². The van der Waals surface area contributed by atoms with Gasteiger partial charge in [0.15, 0.2) is 0 Å². The Balaban J connectivity index is 2.21. The number of aromatic nitrogens is 1. The minimum Gasteiger partial charge on any atom is -0.370 e. The van der Waals surface area contributed by atoms with Crippen LogP contribution in [0.5, 0.6) is 0 Å². The van der Waals surface area contributed by atoms with Crippen LogP contribution in [-0.2, 0) is 0 Å². The second-order valence-electron chi connectivity index (χ2n) is 6.36. The molecule has 0 spiro atoms. The summed E-state index contributed by atoms with van der Waals surface area (Å²) in [6.45, 7) is 7.25. The van der Waals surface area contributed by atoms with Gasteiger partial charge >= 0.3 is 0 Å². The lowest BCUT2D eigenvalue weighted by atomic mass is 9.87. The Morgan fingerprint density at radius 1 is 1.43 bits per heavy atom. The number of nitrogens with zero attached hydrogens (tertiary/aromatic N) is 2. The molecule has 0 amide bonds. The van der Waals surface area contributed by atoms with Crippen molar-refractivity contribution in [1.82, 2.24) is 4.98 Å². The molecule has 1 aromatic rings. The molecule has 1 aromatic heterocycles. The minimum atomic E-state index is -0.371. The van der Waals surface area contributed by atoms with Crippen LogP contribution in [-0.4, -0.2) is 22.5 Å². The van der Waals surface area contributed by atoms with Gasteiger partial charge in [0.25, 0.3) is 5.69 Å². The lowest BCUT2D eigenvalue weighted by molar-refractivity contribution is -0.384. The van der Waals surface area contributed by atoms with Gasteiger partial charge < -0.3 is 10.6 Å². The number of pyridine rings is 1. The molecule has 0 aromatic carbocycles. The maximum Gasteiger partial charge on any atom is 0.276 e. The number of hydrogen-bond donors (Lipinski definition) is 2. The van der Waals surface area contributed by atoms with Crippen LogP contribution in [0.3, 0.4) is 0 Å². The van der Waals surface area contributed by atoms with Crippen LogP contribution in [0.15, 0.2) is 12.1 Å². The maximum absolute atomic E-state index is 11.1. The third-order valence-corrected chi connectivity index (χ3v) is 4.16. The zero-order chi connectivity index (χ0) is 15.5. The number of rotatable bonds is 6. The van der Waals surface area contributed by atoms with Gasteiger partial charge in [-0.2, -0.15) is 0 Å². The predicted octanol–water partition coefficient (Wildman–Crippen LogP) is 3.80. The van der Waals surface area contributed by atoms with Gasteiger partial charge in [-0.15, -0.1) is 0 Å². The molecule has 1 heterocycles. The standard InChI is InChI=1S/C15H24N4O2/c1-4-8-16-13-9-11(19(20)21)10-14(18-13)17-12-6-5-7-15(12,2)3/h9-10,12H,4-8H2,1-3H3,(H2,16,17,18). The van der Waals surface area contributed by atoms with Crippen LogP contribution < -0.4 is 10.6 Å². The highest BCUT2D eigenvalue weighted by atomic mass is 16.6. The van der Waals surface area contributed by atoms with E-state index in [0.717, 1.165) is 19.4 Å². The molecule has 21 heavy (non-hydrogen) atoms. The summed E-state index contributed by atoms with van der Waals surface area (Å²) in [6, 6.07) is 3.32. The highest BCUT2D eigenvalue weighted by molar-refractivity contribution is 5.55. The fourth-order valence-electron chi connectivity index (χ4n) is 2.81. The summed E-state index contributed by atoms with van der Waals surface area (Å²) >= 11 is 0. The van der Waals surface area contributed by atoms with E-state index in [1.54, 1.807) is 0 Å². The molecule has 6 heteroatoms. The summed E-state index contributed by atoms with van der Waals surface area (Å²) < 4.78 is 0. The Labute approximate surface area is 125 Å². The summed E-state index contributed by atoms with van der Waals surface area (Å²) in [5, 5.41) is 17.6. The number of anilines is 2. The molecule has 2 rings (SSSR count). The highest BCUT2D eigenvalue weighted by Crippen LogP contribution is 2.39. The van der Waals surface area contributed by atoms with Crippen molar-refractivity contribution in [3.8, 4) is 0 Å². The molecule has 2 N–H and O–H groups in total. The fourth-order valence-corrected chi connectivity index (χ4v) is 2.81. The van der Waals surface area contributed by atoms with Gasteiger partial charge in [0.05, 0.1) is 17.1 Å². The molecule has 0 aliphatic heterocycles. The van der Waals surface area contributed by atoms with E-state index in [2.05, 4.69) is 29.5 Å².